The van der Waals surface area contributed by atoms with Crippen LogP contribution in [0.2, 0.25) is 0 Å². The Morgan fingerprint density at radius 2 is 1.49 bits per heavy atom. The van der Waals surface area contributed by atoms with Crippen LogP contribution in [0.4, 0.5) is 42.6 Å². The van der Waals surface area contributed by atoms with E-state index in [4.69, 9.17) is 0 Å². The van der Waals surface area contributed by atoms with Crippen LogP contribution in [-0.4, -0.2) is 56.6 Å². The number of aryl methyl sites for hydroxylation is 1. The molecule has 3 aromatic rings. The van der Waals surface area contributed by atoms with Crippen molar-refractivity contribution in [2.75, 3.05) is 36.4 Å². The maximum atomic E-state index is 13.1. The minimum Gasteiger partial charge on any atom is -0.353 e. The van der Waals surface area contributed by atoms with Crippen molar-refractivity contribution < 1.29 is 31.1 Å². The molecular weight excluding hydrogens is 480 g/mol. The predicted molar refractivity (Wildman–Crippen MR) is 113 cm³/mol. The smallest absolute Gasteiger partial charge is 0.353 e. The van der Waals surface area contributed by atoms with Gasteiger partial charge >= 0.3 is 18.4 Å². The molecule has 3 heterocycles. The number of carbonyl (C=O) groups excluding carboxylic acids is 1. The lowest BCUT2D eigenvalue weighted by Gasteiger charge is -2.35. The van der Waals surface area contributed by atoms with Crippen molar-refractivity contribution in [3.63, 3.8) is 0 Å². The fraction of sp³-hybridized carbons (Fsp3) is 0.333. The summed E-state index contributed by atoms with van der Waals surface area (Å²) in [6, 6.07) is 1.92. The van der Waals surface area contributed by atoms with Gasteiger partial charge in [-0.3, -0.25) is 4.57 Å². The maximum absolute atomic E-state index is 13.1. The van der Waals surface area contributed by atoms with E-state index in [0.29, 0.717) is 42.7 Å². The van der Waals surface area contributed by atoms with Gasteiger partial charge in [0.1, 0.15) is 23.8 Å². The minimum atomic E-state index is -5.00. The van der Waals surface area contributed by atoms with Gasteiger partial charge in [-0.1, -0.05) is 0 Å². The second-order valence-electron chi connectivity index (χ2n) is 7.80. The Morgan fingerprint density at radius 3 is 2.03 bits per heavy atom. The third-order valence-corrected chi connectivity index (χ3v) is 5.31. The molecule has 0 saturated carbocycles. The second kappa shape index (κ2) is 9.07. The molecule has 0 bridgehead atoms. The number of hydrogen-bond donors (Lipinski definition) is 1. The van der Waals surface area contributed by atoms with Crippen molar-refractivity contribution in [3.8, 4) is 5.82 Å². The molecule has 0 spiro atoms. The fourth-order valence-electron chi connectivity index (χ4n) is 3.59. The van der Waals surface area contributed by atoms with E-state index in [-0.39, 0.29) is 19.2 Å². The largest absolute Gasteiger partial charge is 0.416 e. The van der Waals surface area contributed by atoms with Crippen molar-refractivity contribution in [3.05, 3.63) is 59.9 Å². The first-order chi connectivity index (χ1) is 16.4. The molecule has 0 aliphatic carbocycles. The van der Waals surface area contributed by atoms with Crippen LogP contribution in [0.1, 0.15) is 17.0 Å². The molecule has 1 aliphatic rings. The van der Waals surface area contributed by atoms with Crippen LogP contribution in [0.3, 0.4) is 0 Å². The van der Waals surface area contributed by atoms with Crippen LogP contribution in [0.25, 0.3) is 5.82 Å². The summed E-state index contributed by atoms with van der Waals surface area (Å²) in [5.74, 6) is 1.75. The molecule has 14 heteroatoms. The number of imidazole rings is 1. The highest BCUT2D eigenvalue weighted by atomic mass is 19.4. The molecule has 1 aliphatic heterocycles. The summed E-state index contributed by atoms with van der Waals surface area (Å²) in [5.41, 5.74) is -3.59. The Hall–Kier alpha value is -3.84. The molecular formula is C21H19F6N7O. The summed E-state index contributed by atoms with van der Waals surface area (Å²) in [7, 11) is 0. The number of piperazine rings is 1. The van der Waals surface area contributed by atoms with Crippen LogP contribution in [0, 0.1) is 6.92 Å². The fourth-order valence-corrected chi connectivity index (χ4v) is 3.59. The van der Waals surface area contributed by atoms with Crippen molar-refractivity contribution >= 4 is 17.5 Å². The summed E-state index contributed by atoms with van der Waals surface area (Å²) >= 11 is 0. The molecule has 2 aromatic heterocycles. The monoisotopic (exact) mass is 499 g/mol. The zero-order chi connectivity index (χ0) is 25.4. The summed E-state index contributed by atoms with van der Waals surface area (Å²) in [6.45, 7) is 2.80. The van der Waals surface area contributed by atoms with Gasteiger partial charge in [0.2, 0.25) is 0 Å². The van der Waals surface area contributed by atoms with Crippen molar-refractivity contribution in [1.82, 2.24) is 24.4 Å². The number of rotatable bonds is 3. The molecule has 1 aromatic carbocycles. The lowest BCUT2D eigenvalue weighted by atomic mass is 10.1. The molecule has 8 nitrogen and oxygen atoms in total. The Bertz CT molecular complexity index is 1170. The third-order valence-electron chi connectivity index (χ3n) is 5.31. The maximum Gasteiger partial charge on any atom is 0.416 e. The first-order valence-corrected chi connectivity index (χ1v) is 10.3. The molecule has 0 radical (unpaired) electrons. The van der Waals surface area contributed by atoms with Gasteiger partial charge < -0.3 is 15.1 Å². The van der Waals surface area contributed by atoms with E-state index in [2.05, 4.69) is 20.3 Å². The van der Waals surface area contributed by atoms with Gasteiger partial charge in [-0.2, -0.15) is 26.3 Å². The van der Waals surface area contributed by atoms with Crippen LogP contribution in [0.15, 0.2) is 43.0 Å². The van der Waals surface area contributed by atoms with Crippen LogP contribution in [0.5, 0.6) is 0 Å². The van der Waals surface area contributed by atoms with E-state index in [1.807, 2.05) is 4.90 Å². The van der Waals surface area contributed by atoms with E-state index in [9.17, 15) is 31.1 Å². The van der Waals surface area contributed by atoms with Crippen LogP contribution >= 0.6 is 0 Å². The first kappa shape index (κ1) is 24.3. The topological polar surface area (TPSA) is 79.2 Å². The number of urea groups is 1. The van der Waals surface area contributed by atoms with Gasteiger partial charge in [0.05, 0.1) is 11.1 Å². The number of halogens is 6. The standard InChI is InChI=1S/C21H19F6N7O/c1-13-29-17(11-18(30-13)34-3-2-28-12-34)32-4-6-33(7-5-32)19(35)31-16-9-14(20(22,23)24)8-15(10-16)21(25,26)27/h2-3,8-12H,4-7H2,1H3,(H,31,35). The molecule has 186 valence electrons. The average Bonchev–Trinajstić information content (AvgIpc) is 3.32. The summed E-state index contributed by atoms with van der Waals surface area (Å²) in [6.07, 6.45) is -5.08. The van der Waals surface area contributed by atoms with E-state index in [1.54, 1.807) is 36.3 Å². The average molecular weight is 499 g/mol. The first-order valence-electron chi connectivity index (χ1n) is 10.3. The summed E-state index contributed by atoms with van der Waals surface area (Å²) < 4.78 is 80.1. The number of aromatic nitrogens is 4. The zero-order valence-electron chi connectivity index (χ0n) is 18.2. The van der Waals surface area contributed by atoms with Gasteiger partial charge in [-0.25, -0.2) is 19.7 Å². The lowest BCUT2D eigenvalue weighted by Crippen LogP contribution is -2.50. The van der Waals surface area contributed by atoms with Crippen LogP contribution < -0.4 is 10.2 Å². The summed E-state index contributed by atoms with van der Waals surface area (Å²) in [5, 5.41) is 2.16. The van der Waals surface area contributed by atoms with E-state index in [1.165, 1.54) is 4.90 Å². The highest BCUT2D eigenvalue weighted by Crippen LogP contribution is 2.37. The molecule has 35 heavy (non-hydrogen) atoms. The number of benzene rings is 1. The molecule has 1 saturated heterocycles. The quantitative estimate of drug-likeness (QED) is 0.542. The van der Waals surface area contributed by atoms with Gasteiger partial charge in [-0.05, 0) is 25.1 Å². The normalized spacial score (nSPS) is 14.8. The Balaban J connectivity index is 1.45. The number of alkyl halides is 6. The lowest BCUT2D eigenvalue weighted by molar-refractivity contribution is -0.143. The number of nitrogens with one attached hydrogen (secondary N) is 1. The van der Waals surface area contributed by atoms with Gasteiger partial charge in [0, 0.05) is 50.3 Å². The van der Waals surface area contributed by atoms with Gasteiger partial charge in [0.15, 0.2) is 0 Å². The number of carbonyl (C=O) groups is 1. The second-order valence-corrected chi connectivity index (χ2v) is 7.80. The molecule has 0 atom stereocenters. The van der Waals surface area contributed by atoms with Crippen molar-refractivity contribution in [2.45, 2.75) is 19.3 Å². The van der Waals surface area contributed by atoms with Gasteiger partial charge in [0.25, 0.3) is 0 Å². The highest BCUT2D eigenvalue weighted by Gasteiger charge is 2.37. The van der Waals surface area contributed by atoms with E-state index in [0.717, 1.165) is 0 Å². The van der Waals surface area contributed by atoms with E-state index >= 15 is 0 Å². The SMILES string of the molecule is Cc1nc(N2CCN(C(=O)Nc3cc(C(F)(F)F)cc(C(F)(F)F)c3)CC2)cc(-n2ccnc2)n1. The van der Waals surface area contributed by atoms with Crippen LogP contribution in [-0.2, 0) is 12.4 Å². The van der Waals surface area contributed by atoms with Crippen molar-refractivity contribution in [2.24, 2.45) is 0 Å². The predicted octanol–water partition coefficient (Wildman–Crippen LogP) is 4.36. The third kappa shape index (κ3) is 5.63. The molecule has 2 amide bonds. The number of hydrogen-bond acceptors (Lipinski definition) is 5. The summed E-state index contributed by atoms with van der Waals surface area (Å²) in [4.78, 5) is 28.6. The molecule has 1 N–H and O–H groups in total. The zero-order valence-corrected chi connectivity index (χ0v) is 18.2. The molecule has 0 unspecified atom stereocenters. The van der Waals surface area contributed by atoms with Gasteiger partial charge in [-0.15, -0.1) is 0 Å². The van der Waals surface area contributed by atoms with Crippen molar-refractivity contribution in [1.29, 1.82) is 0 Å². The number of nitrogens with zero attached hydrogens (tertiary/aromatic N) is 6. The minimum absolute atomic E-state index is 0.0101. The molecule has 4 rings (SSSR count). The Kier molecular flexibility index (Phi) is 6.30. The molecule has 1 fully saturated rings. The van der Waals surface area contributed by atoms with E-state index < -0.39 is 35.2 Å². The number of anilines is 2. The highest BCUT2D eigenvalue weighted by molar-refractivity contribution is 5.89. The Morgan fingerprint density at radius 1 is 0.886 bits per heavy atom. The Labute approximate surface area is 195 Å². The number of amides is 2.